The summed E-state index contributed by atoms with van der Waals surface area (Å²) in [4.78, 5) is 46.2. The van der Waals surface area contributed by atoms with Crippen molar-refractivity contribution in [1.82, 2.24) is 4.90 Å². The van der Waals surface area contributed by atoms with E-state index < -0.39 is 79.8 Å². The first kappa shape index (κ1) is 22.9. The Hall–Kier alpha value is -2.10. The highest BCUT2D eigenvalue weighted by Crippen LogP contribution is 2.36. The van der Waals surface area contributed by atoms with E-state index in [0.29, 0.717) is 0 Å². The van der Waals surface area contributed by atoms with Gasteiger partial charge in [0.1, 0.15) is 0 Å². The molecule has 0 spiro atoms. The van der Waals surface area contributed by atoms with E-state index in [9.17, 15) is 50.2 Å². The Morgan fingerprint density at radius 3 is 1.74 bits per heavy atom. The molecule has 13 nitrogen and oxygen atoms in total. The molecule has 1 rings (SSSR count). The summed E-state index contributed by atoms with van der Waals surface area (Å²) in [7, 11) is -12.2. The maximum atomic E-state index is 12.0. The highest BCUT2D eigenvalue weighted by molar-refractivity contribution is 8.06. The molecule has 1 unspecified atom stereocenters. The van der Waals surface area contributed by atoms with Gasteiger partial charge in [0.05, 0.1) is 6.04 Å². The summed E-state index contributed by atoms with van der Waals surface area (Å²) in [5.74, 6) is -6.17. The molecule has 15 heteroatoms. The van der Waals surface area contributed by atoms with Gasteiger partial charge in [-0.2, -0.15) is 16.8 Å². The number of unbranched alkanes of at least 4 members (excludes halogenated alkanes) is 1. The zero-order valence-electron chi connectivity index (χ0n) is 13.6. The molecule has 0 aromatic heterocycles. The number of aliphatic carboxylic acids is 2. The van der Waals surface area contributed by atoms with Crippen molar-refractivity contribution in [3.05, 3.63) is 0 Å². The Morgan fingerprint density at radius 2 is 1.41 bits per heavy atom. The summed E-state index contributed by atoms with van der Waals surface area (Å²) < 4.78 is 61.6. The van der Waals surface area contributed by atoms with Crippen molar-refractivity contribution in [3.8, 4) is 0 Å². The highest BCUT2D eigenvalue weighted by atomic mass is 32.3. The Bertz CT molecular complexity index is 811. The van der Waals surface area contributed by atoms with E-state index in [1.54, 1.807) is 0 Å². The molecule has 0 saturated carbocycles. The van der Waals surface area contributed by atoms with E-state index in [1.807, 2.05) is 0 Å². The Balaban J connectivity index is 3.60. The van der Waals surface area contributed by atoms with Crippen molar-refractivity contribution in [2.24, 2.45) is 0 Å². The van der Waals surface area contributed by atoms with Crippen LogP contribution in [0.4, 0.5) is 0 Å². The molecule has 1 heterocycles. The lowest BCUT2D eigenvalue weighted by Gasteiger charge is -2.36. The summed E-state index contributed by atoms with van der Waals surface area (Å²) in [5, 5.41) is 17.9. The second-order valence-electron chi connectivity index (χ2n) is 5.74. The maximum Gasteiger partial charge on any atom is 0.348 e. The number of carbonyl (C=O) groups excluding carboxylic acids is 2. The molecular weight excluding hydrogens is 414 g/mol. The van der Waals surface area contributed by atoms with Gasteiger partial charge in [0.2, 0.25) is 11.8 Å². The normalized spacial score (nSPS) is 17.2. The molecule has 154 valence electrons. The summed E-state index contributed by atoms with van der Waals surface area (Å²) in [5.41, 5.74) is 0. The minimum atomic E-state index is -6.12. The lowest BCUT2D eigenvalue weighted by Crippen LogP contribution is -2.66. The molecule has 4 N–H and O–H groups in total. The molecule has 0 radical (unpaired) electrons. The second kappa shape index (κ2) is 7.87. The molecule has 1 aliphatic heterocycles. The summed E-state index contributed by atoms with van der Waals surface area (Å²) in [6.07, 6.45) is -2.69. The largest absolute Gasteiger partial charge is 0.481 e. The zero-order valence-corrected chi connectivity index (χ0v) is 15.3. The predicted octanol–water partition coefficient (Wildman–Crippen LogP) is -1.29. The number of carbonyl (C=O) groups is 4. The third-order valence-corrected chi connectivity index (χ3v) is 7.71. The van der Waals surface area contributed by atoms with Gasteiger partial charge in [-0.1, -0.05) is 6.42 Å². The number of rotatable bonds is 10. The fourth-order valence-electron chi connectivity index (χ4n) is 2.88. The van der Waals surface area contributed by atoms with Crippen LogP contribution < -0.4 is 0 Å². The first-order valence-corrected chi connectivity index (χ1v) is 10.3. The Kier molecular flexibility index (Phi) is 6.69. The van der Waals surface area contributed by atoms with Crippen molar-refractivity contribution in [3.63, 3.8) is 0 Å². The third-order valence-electron chi connectivity index (χ3n) is 4.02. The average Bonchev–Trinajstić information content (AvgIpc) is 2.77. The lowest BCUT2D eigenvalue weighted by atomic mass is 10.0. The van der Waals surface area contributed by atoms with Gasteiger partial charge in [-0.15, -0.1) is 0 Å². The summed E-state index contributed by atoms with van der Waals surface area (Å²) in [6, 6.07) is -2.50. The average molecular weight is 431 g/mol. The van der Waals surface area contributed by atoms with Gasteiger partial charge in [0, 0.05) is 19.3 Å². The fourth-order valence-corrected chi connectivity index (χ4v) is 5.52. The molecule has 0 aromatic carbocycles. The number of amides is 2. The zero-order chi connectivity index (χ0) is 21.2. The topological polar surface area (TPSA) is 221 Å². The SMILES string of the molecule is O=C(O)CCCCC(N1C(=O)CCC1=O)C(C(=O)O)(S(=O)(=O)O)S(=O)(=O)O. The summed E-state index contributed by atoms with van der Waals surface area (Å²) >= 11 is 0. The number of likely N-dealkylation sites (tertiary alicyclic amines) is 1. The van der Waals surface area contributed by atoms with Crippen LogP contribution in [-0.2, 0) is 39.4 Å². The molecule has 1 fully saturated rings. The van der Waals surface area contributed by atoms with E-state index in [-0.39, 0.29) is 17.7 Å². The van der Waals surface area contributed by atoms with Crippen molar-refractivity contribution >= 4 is 44.0 Å². The number of nitrogens with zero attached hydrogens (tertiary/aromatic N) is 1. The minimum Gasteiger partial charge on any atom is -0.481 e. The molecule has 0 bridgehead atoms. The molecule has 2 amide bonds. The van der Waals surface area contributed by atoms with Crippen LogP contribution in [0.2, 0.25) is 0 Å². The van der Waals surface area contributed by atoms with Crippen molar-refractivity contribution in [1.29, 1.82) is 0 Å². The van der Waals surface area contributed by atoms with Gasteiger partial charge in [0.15, 0.2) is 0 Å². The van der Waals surface area contributed by atoms with E-state index in [0.717, 1.165) is 0 Å². The van der Waals surface area contributed by atoms with E-state index >= 15 is 0 Å². The Labute approximate surface area is 153 Å². The molecule has 27 heavy (non-hydrogen) atoms. The highest BCUT2D eigenvalue weighted by Gasteiger charge is 2.69. The Morgan fingerprint density at radius 1 is 0.963 bits per heavy atom. The molecule has 1 atom stereocenters. The number of imide groups is 1. The number of hydrogen-bond donors (Lipinski definition) is 4. The van der Waals surface area contributed by atoms with Crippen molar-refractivity contribution < 1.29 is 55.3 Å². The fraction of sp³-hybridized carbons (Fsp3) is 0.667. The maximum absolute atomic E-state index is 12.0. The van der Waals surface area contributed by atoms with Gasteiger partial charge in [-0.25, -0.2) is 4.79 Å². The van der Waals surface area contributed by atoms with Gasteiger partial charge >= 0.3 is 36.3 Å². The minimum absolute atomic E-state index is 0.0798. The van der Waals surface area contributed by atoms with Crippen LogP contribution in [0, 0.1) is 0 Å². The second-order valence-corrected chi connectivity index (χ2v) is 9.18. The quantitative estimate of drug-likeness (QED) is 0.180. The van der Waals surface area contributed by atoms with Crippen LogP contribution in [0.15, 0.2) is 0 Å². The van der Waals surface area contributed by atoms with Crippen LogP contribution in [0.25, 0.3) is 0 Å². The number of carboxylic acid groups (broad SMARTS) is 2. The predicted molar refractivity (Wildman–Crippen MR) is 84.4 cm³/mol. The van der Waals surface area contributed by atoms with Crippen LogP contribution in [0.3, 0.4) is 0 Å². The van der Waals surface area contributed by atoms with E-state index in [2.05, 4.69) is 0 Å². The van der Waals surface area contributed by atoms with E-state index in [4.69, 9.17) is 5.11 Å². The first-order chi connectivity index (χ1) is 12.2. The van der Waals surface area contributed by atoms with Crippen molar-refractivity contribution in [2.45, 2.75) is 48.6 Å². The van der Waals surface area contributed by atoms with Gasteiger partial charge < -0.3 is 10.2 Å². The van der Waals surface area contributed by atoms with Crippen LogP contribution in [0.5, 0.6) is 0 Å². The molecule has 0 aliphatic carbocycles. The smallest absolute Gasteiger partial charge is 0.348 e. The first-order valence-electron chi connectivity index (χ1n) is 7.42. The van der Waals surface area contributed by atoms with Crippen LogP contribution in [0.1, 0.15) is 38.5 Å². The number of hydrogen-bond acceptors (Lipinski definition) is 8. The van der Waals surface area contributed by atoms with Gasteiger partial charge in [-0.3, -0.25) is 28.4 Å². The van der Waals surface area contributed by atoms with Gasteiger partial charge in [0.25, 0.3) is 0 Å². The molecule has 1 aliphatic rings. The van der Waals surface area contributed by atoms with Gasteiger partial charge in [-0.05, 0) is 12.8 Å². The standard InChI is InChI=1S/C12H17NO12S2/c14-8-5-6-9(15)13(8)7(3-1-2-4-10(16)17)12(11(18)19,26(20,21)22)27(23,24)25/h7H,1-6H2,(H,16,17)(H,18,19)(H,20,21,22)(H,23,24,25). The molecule has 1 saturated heterocycles. The lowest BCUT2D eigenvalue weighted by molar-refractivity contribution is -0.146. The monoisotopic (exact) mass is 431 g/mol. The van der Waals surface area contributed by atoms with E-state index in [1.165, 1.54) is 0 Å². The van der Waals surface area contributed by atoms with Crippen LogP contribution >= 0.6 is 0 Å². The van der Waals surface area contributed by atoms with Crippen LogP contribution in [-0.4, -0.2) is 74.9 Å². The molecule has 0 aromatic rings. The third kappa shape index (κ3) is 4.26. The van der Waals surface area contributed by atoms with Crippen molar-refractivity contribution in [2.75, 3.05) is 0 Å². The summed E-state index contributed by atoms with van der Waals surface area (Å²) in [6.45, 7) is 0. The number of carboxylic acids is 2. The molecular formula is C12H17NO12S2.